The van der Waals surface area contributed by atoms with Crippen molar-refractivity contribution in [3.05, 3.63) is 29.8 Å². The molecule has 1 atom stereocenters. The number of nitrogens with one attached hydrogen (secondary N) is 1. The summed E-state index contributed by atoms with van der Waals surface area (Å²) in [5.74, 6) is -1.19. The van der Waals surface area contributed by atoms with Gasteiger partial charge in [0.1, 0.15) is 6.04 Å². The first kappa shape index (κ1) is 17.5. The summed E-state index contributed by atoms with van der Waals surface area (Å²) >= 11 is 0. The number of aliphatic carboxylic acids is 1. The Balaban J connectivity index is 1.72. The summed E-state index contributed by atoms with van der Waals surface area (Å²) in [5, 5.41) is 12.2. The Morgan fingerprint density at radius 1 is 1.04 bits per heavy atom. The number of carbonyl (C=O) groups is 3. The first-order chi connectivity index (χ1) is 12.1. The predicted octanol–water partition coefficient (Wildman–Crippen LogP) is 2.89. The maximum absolute atomic E-state index is 12.8. The van der Waals surface area contributed by atoms with Gasteiger partial charge in [0.2, 0.25) is 5.91 Å². The maximum atomic E-state index is 12.8. The highest BCUT2D eigenvalue weighted by Crippen LogP contribution is 2.26. The molecule has 2 fully saturated rings. The van der Waals surface area contributed by atoms with E-state index in [1.165, 1.54) is 4.90 Å². The molecular formula is C19H24N2O4. The van der Waals surface area contributed by atoms with Gasteiger partial charge in [-0.2, -0.15) is 0 Å². The van der Waals surface area contributed by atoms with Crippen LogP contribution in [0.5, 0.6) is 0 Å². The third kappa shape index (κ3) is 4.00. The Labute approximate surface area is 147 Å². The summed E-state index contributed by atoms with van der Waals surface area (Å²) in [7, 11) is 0. The van der Waals surface area contributed by atoms with Crippen LogP contribution < -0.4 is 5.32 Å². The van der Waals surface area contributed by atoms with Gasteiger partial charge in [-0.3, -0.25) is 9.59 Å². The third-order valence-electron chi connectivity index (χ3n) is 5.15. The number of carbonyl (C=O) groups excluding carboxylic acids is 2. The van der Waals surface area contributed by atoms with E-state index >= 15 is 0 Å². The lowest BCUT2D eigenvalue weighted by molar-refractivity contribution is -0.143. The molecule has 2 aliphatic rings. The number of nitrogens with zero attached hydrogens (tertiary/aromatic N) is 1. The van der Waals surface area contributed by atoms with Gasteiger partial charge in [0.05, 0.1) is 0 Å². The fraction of sp³-hybridized carbons (Fsp3) is 0.526. The van der Waals surface area contributed by atoms with Gasteiger partial charge in [-0.15, -0.1) is 0 Å². The van der Waals surface area contributed by atoms with Crippen molar-refractivity contribution in [1.29, 1.82) is 0 Å². The minimum absolute atomic E-state index is 0.00323. The number of hydrogen-bond acceptors (Lipinski definition) is 3. The molecule has 25 heavy (non-hydrogen) atoms. The SMILES string of the molecule is O=C(Nc1cccc(C(=O)N2CCCCC2C(=O)O)c1)C1CCCC1. The molecule has 1 saturated carbocycles. The maximum Gasteiger partial charge on any atom is 0.326 e. The van der Waals surface area contributed by atoms with Gasteiger partial charge < -0.3 is 15.3 Å². The molecule has 1 aromatic rings. The quantitative estimate of drug-likeness (QED) is 0.879. The van der Waals surface area contributed by atoms with E-state index in [9.17, 15) is 19.5 Å². The van der Waals surface area contributed by atoms with Crippen LogP contribution in [0.1, 0.15) is 55.3 Å². The summed E-state index contributed by atoms with van der Waals surface area (Å²) in [4.78, 5) is 37.9. The molecule has 134 valence electrons. The highest BCUT2D eigenvalue weighted by atomic mass is 16.4. The molecule has 6 nitrogen and oxygen atoms in total. The van der Waals surface area contributed by atoms with E-state index in [-0.39, 0.29) is 17.7 Å². The van der Waals surface area contributed by atoms with E-state index in [1.807, 2.05) is 0 Å². The Hall–Kier alpha value is -2.37. The lowest BCUT2D eigenvalue weighted by atomic mass is 10.0. The molecule has 1 aromatic carbocycles. The van der Waals surface area contributed by atoms with E-state index in [0.29, 0.717) is 24.2 Å². The number of hydrogen-bond donors (Lipinski definition) is 2. The van der Waals surface area contributed by atoms with E-state index < -0.39 is 12.0 Å². The van der Waals surface area contributed by atoms with Crippen LogP contribution in [0.25, 0.3) is 0 Å². The predicted molar refractivity (Wildman–Crippen MR) is 93.3 cm³/mol. The summed E-state index contributed by atoms with van der Waals surface area (Å²) in [6.07, 6.45) is 6.12. The van der Waals surface area contributed by atoms with Crippen LogP contribution in [0.2, 0.25) is 0 Å². The fourth-order valence-electron chi connectivity index (χ4n) is 3.76. The van der Waals surface area contributed by atoms with Crippen LogP contribution >= 0.6 is 0 Å². The highest BCUT2D eigenvalue weighted by molar-refractivity contribution is 5.99. The van der Waals surface area contributed by atoms with Gasteiger partial charge in [0.25, 0.3) is 5.91 Å². The zero-order valence-corrected chi connectivity index (χ0v) is 14.2. The molecule has 0 spiro atoms. The van der Waals surface area contributed by atoms with Crippen molar-refractivity contribution >= 4 is 23.5 Å². The van der Waals surface area contributed by atoms with Crippen LogP contribution in [-0.2, 0) is 9.59 Å². The van der Waals surface area contributed by atoms with Crippen molar-refractivity contribution in [2.75, 3.05) is 11.9 Å². The average molecular weight is 344 g/mol. The molecule has 1 aliphatic heterocycles. The molecule has 0 radical (unpaired) electrons. The molecule has 0 aromatic heterocycles. The van der Waals surface area contributed by atoms with E-state index in [2.05, 4.69) is 5.32 Å². The standard InChI is InChI=1S/C19H24N2O4/c22-17(13-6-1-2-7-13)20-15-9-5-8-14(12-15)18(23)21-11-4-3-10-16(21)19(24)25/h5,8-9,12-13,16H,1-4,6-7,10-11H2,(H,20,22)(H,24,25). The molecule has 3 rings (SSSR count). The lowest BCUT2D eigenvalue weighted by Gasteiger charge is -2.33. The van der Waals surface area contributed by atoms with Crippen LogP contribution in [0.4, 0.5) is 5.69 Å². The minimum atomic E-state index is -0.959. The van der Waals surface area contributed by atoms with Crippen molar-refractivity contribution in [2.24, 2.45) is 5.92 Å². The smallest absolute Gasteiger partial charge is 0.326 e. The number of anilines is 1. The normalized spacial score (nSPS) is 21.1. The molecule has 1 unspecified atom stereocenters. The first-order valence-electron chi connectivity index (χ1n) is 9.01. The average Bonchev–Trinajstić information content (AvgIpc) is 3.16. The van der Waals surface area contributed by atoms with Crippen LogP contribution in [0.15, 0.2) is 24.3 Å². The summed E-state index contributed by atoms with van der Waals surface area (Å²) < 4.78 is 0. The Morgan fingerprint density at radius 3 is 2.48 bits per heavy atom. The van der Waals surface area contributed by atoms with E-state index in [4.69, 9.17) is 0 Å². The Morgan fingerprint density at radius 2 is 1.76 bits per heavy atom. The van der Waals surface area contributed by atoms with Crippen LogP contribution in [0, 0.1) is 5.92 Å². The zero-order chi connectivity index (χ0) is 17.8. The second kappa shape index (κ2) is 7.68. The highest BCUT2D eigenvalue weighted by Gasteiger charge is 2.32. The third-order valence-corrected chi connectivity index (χ3v) is 5.15. The molecular weight excluding hydrogens is 320 g/mol. The van der Waals surface area contributed by atoms with Gasteiger partial charge in [0, 0.05) is 23.7 Å². The Kier molecular flexibility index (Phi) is 5.36. The molecule has 1 heterocycles. The topological polar surface area (TPSA) is 86.7 Å². The largest absolute Gasteiger partial charge is 0.480 e. The monoisotopic (exact) mass is 344 g/mol. The molecule has 2 amide bonds. The molecule has 6 heteroatoms. The summed E-state index contributed by atoms with van der Waals surface area (Å²) in [5.41, 5.74) is 1.00. The summed E-state index contributed by atoms with van der Waals surface area (Å²) in [6, 6.07) is 6.02. The number of amides is 2. The van der Waals surface area contributed by atoms with Crippen LogP contribution in [0.3, 0.4) is 0 Å². The lowest BCUT2D eigenvalue weighted by Crippen LogP contribution is -2.48. The van der Waals surface area contributed by atoms with Gasteiger partial charge in [-0.1, -0.05) is 18.9 Å². The van der Waals surface area contributed by atoms with Crippen molar-refractivity contribution in [3.63, 3.8) is 0 Å². The van der Waals surface area contributed by atoms with Crippen molar-refractivity contribution < 1.29 is 19.5 Å². The number of piperidine rings is 1. The van der Waals surface area contributed by atoms with Crippen molar-refractivity contribution in [1.82, 2.24) is 4.90 Å². The second-order valence-electron chi connectivity index (χ2n) is 6.90. The molecule has 0 bridgehead atoms. The second-order valence-corrected chi connectivity index (χ2v) is 6.90. The minimum Gasteiger partial charge on any atom is -0.480 e. The Bertz CT molecular complexity index is 667. The van der Waals surface area contributed by atoms with Crippen molar-refractivity contribution in [3.8, 4) is 0 Å². The molecule has 1 saturated heterocycles. The van der Waals surface area contributed by atoms with Gasteiger partial charge in [0.15, 0.2) is 0 Å². The van der Waals surface area contributed by atoms with Crippen LogP contribution in [-0.4, -0.2) is 40.4 Å². The number of carboxylic acids is 1. The first-order valence-corrected chi connectivity index (χ1v) is 9.01. The van der Waals surface area contributed by atoms with E-state index in [1.54, 1.807) is 24.3 Å². The van der Waals surface area contributed by atoms with E-state index in [0.717, 1.165) is 38.5 Å². The summed E-state index contributed by atoms with van der Waals surface area (Å²) in [6.45, 7) is 0.453. The number of likely N-dealkylation sites (tertiary alicyclic amines) is 1. The molecule has 1 aliphatic carbocycles. The molecule has 2 N–H and O–H groups in total. The fourth-order valence-corrected chi connectivity index (χ4v) is 3.76. The van der Waals surface area contributed by atoms with Crippen molar-refractivity contribution in [2.45, 2.75) is 51.0 Å². The van der Waals surface area contributed by atoms with Gasteiger partial charge in [-0.05, 0) is 50.3 Å². The number of rotatable bonds is 4. The zero-order valence-electron chi connectivity index (χ0n) is 14.2. The van der Waals surface area contributed by atoms with Gasteiger partial charge in [-0.25, -0.2) is 4.79 Å². The van der Waals surface area contributed by atoms with Gasteiger partial charge >= 0.3 is 5.97 Å². The number of benzene rings is 1. The number of carboxylic acid groups (broad SMARTS) is 1.